The molecule has 4 aromatic rings. The van der Waals surface area contributed by atoms with E-state index in [1.54, 1.807) is 18.3 Å². The summed E-state index contributed by atoms with van der Waals surface area (Å²) in [6.07, 6.45) is 1.61. The number of rotatable bonds is 5. The van der Waals surface area contributed by atoms with Crippen LogP contribution in [0.3, 0.4) is 0 Å². The van der Waals surface area contributed by atoms with E-state index >= 15 is 0 Å². The number of nitrogens with zero attached hydrogens (tertiary/aromatic N) is 2. The van der Waals surface area contributed by atoms with E-state index in [0.717, 1.165) is 39.5 Å². The normalized spacial score (nSPS) is 12.3. The first-order valence-corrected chi connectivity index (χ1v) is 10.7. The molecule has 5 rings (SSSR count). The molecule has 6 nitrogen and oxygen atoms in total. The number of benzene rings is 3. The molecule has 33 heavy (non-hydrogen) atoms. The molecule has 0 aliphatic carbocycles. The molecule has 1 aliphatic rings. The highest BCUT2D eigenvalue weighted by molar-refractivity contribution is 5.95. The number of carbonyl (C=O) groups is 1. The van der Waals surface area contributed by atoms with Crippen molar-refractivity contribution in [1.82, 2.24) is 9.99 Å². The quantitative estimate of drug-likeness (QED) is 0.342. The second-order valence-electron chi connectivity index (χ2n) is 7.87. The molecule has 0 unspecified atom stereocenters. The fourth-order valence-electron chi connectivity index (χ4n) is 3.90. The van der Waals surface area contributed by atoms with Crippen molar-refractivity contribution in [3.05, 3.63) is 101 Å². The molecule has 0 saturated heterocycles. The van der Waals surface area contributed by atoms with Crippen molar-refractivity contribution >= 4 is 12.1 Å². The maximum absolute atomic E-state index is 12.6. The Morgan fingerprint density at radius 3 is 2.42 bits per heavy atom. The van der Waals surface area contributed by atoms with Crippen LogP contribution in [0.1, 0.15) is 27.2 Å². The topological polar surface area (TPSA) is 64.9 Å². The van der Waals surface area contributed by atoms with Gasteiger partial charge in [0.05, 0.1) is 11.9 Å². The van der Waals surface area contributed by atoms with Crippen LogP contribution < -0.4 is 14.9 Å². The lowest BCUT2D eigenvalue weighted by Gasteiger charge is -2.12. The highest BCUT2D eigenvalue weighted by Crippen LogP contribution is 2.34. The van der Waals surface area contributed by atoms with Crippen LogP contribution in [0.5, 0.6) is 11.5 Å². The van der Waals surface area contributed by atoms with E-state index < -0.39 is 0 Å². The third-order valence-electron chi connectivity index (χ3n) is 5.66. The van der Waals surface area contributed by atoms with Gasteiger partial charge in [-0.1, -0.05) is 30.3 Å². The summed E-state index contributed by atoms with van der Waals surface area (Å²) in [5, 5.41) is 4.12. The first-order chi connectivity index (χ1) is 16.1. The molecule has 1 N–H and O–H groups in total. The van der Waals surface area contributed by atoms with Crippen LogP contribution in [0.15, 0.2) is 84.0 Å². The summed E-state index contributed by atoms with van der Waals surface area (Å²) < 4.78 is 13.0. The van der Waals surface area contributed by atoms with Gasteiger partial charge >= 0.3 is 0 Å². The first kappa shape index (κ1) is 20.6. The van der Waals surface area contributed by atoms with Crippen molar-refractivity contribution in [1.29, 1.82) is 0 Å². The first-order valence-electron chi connectivity index (χ1n) is 10.7. The lowest BCUT2D eigenvalue weighted by atomic mass is 10.1. The van der Waals surface area contributed by atoms with E-state index in [1.165, 1.54) is 0 Å². The molecular formula is C27H23N3O3. The number of hydrazone groups is 1. The molecule has 0 fully saturated rings. The minimum absolute atomic E-state index is 0.220. The van der Waals surface area contributed by atoms with E-state index in [2.05, 4.69) is 46.3 Å². The summed E-state index contributed by atoms with van der Waals surface area (Å²) >= 11 is 0. The summed E-state index contributed by atoms with van der Waals surface area (Å²) in [6, 6.07) is 25.7. The van der Waals surface area contributed by atoms with Crippen molar-refractivity contribution in [3.63, 3.8) is 0 Å². The largest absolute Gasteiger partial charge is 0.454 e. The van der Waals surface area contributed by atoms with Gasteiger partial charge in [-0.3, -0.25) is 4.79 Å². The molecule has 0 radical (unpaired) electrons. The molecule has 0 saturated carbocycles. The lowest BCUT2D eigenvalue weighted by molar-refractivity contribution is 0.0955. The second kappa shape index (κ2) is 8.67. The van der Waals surface area contributed by atoms with E-state index in [4.69, 9.17) is 9.47 Å². The Bertz CT molecular complexity index is 1340. The highest BCUT2D eigenvalue weighted by atomic mass is 16.7. The molecule has 0 atom stereocenters. The molecule has 0 spiro atoms. The van der Waals surface area contributed by atoms with E-state index in [0.29, 0.717) is 11.3 Å². The average molecular weight is 437 g/mol. The number of carbonyl (C=O) groups excluding carboxylic acids is 1. The van der Waals surface area contributed by atoms with Gasteiger partial charge < -0.3 is 14.0 Å². The SMILES string of the molecule is Cc1cc2c(cc1/C=N/NC(=O)c1ccc(-n3c(C)ccc3-c3ccccc3)cc1)OCO2. The van der Waals surface area contributed by atoms with Crippen molar-refractivity contribution < 1.29 is 14.3 Å². The molecule has 1 amide bonds. The Balaban J connectivity index is 1.31. The number of fused-ring (bicyclic) bond motifs is 1. The van der Waals surface area contributed by atoms with Gasteiger partial charge in [0.15, 0.2) is 11.5 Å². The number of hydrogen-bond donors (Lipinski definition) is 1. The van der Waals surface area contributed by atoms with Crippen molar-refractivity contribution in [3.8, 4) is 28.4 Å². The summed E-state index contributed by atoms with van der Waals surface area (Å²) in [5.41, 5.74) is 9.32. The van der Waals surface area contributed by atoms with Crippen LogP contribution in [0.25, 0.3) is 16.9 Å². The maximum Gasteiger partial charge on any atom is 0.271 e. The number of ether oxygens (including phenoxy) is 2. The Labute approximate surface area is 192 Å². The number of aromatic nitrogens is 1. The van der Waals surface area contributed by atoms with E-state index in [-0.39, 0.29) is 12.7 Å². The average Bonchev–Trinajstić information content (AvgIpc) is 3.45. The molecule has 1 aromatic heterocycles. The summed E-state index contributed by atoms with van der Waals surface area (Å²) in [5.74, 6) is 1.13. The van der Waals surface area contributed by atoms with Gasteiger partial charge in [0.25, 0.3) is 5.91 Å². The van der Waals surface area contributed by atoms with Gasteiger partial charge in [-0.25, -0.2) is 5.43 Å². The van der Waals surface area contributed by atoms with Gasteiger partial charge in [-0.05, 0) is 73.5 Å². The molecule has 6 heteroatoms. The predicted molar refractivity (Wildman–Crippen MR) is 128 cm³/mol. The van der Waals surface area contributed by atoms with Crippen molar-refractivity contribution in [2.24, 2.45) is 5.10 Å². The molecule has 164 valence electrons. The lowest BCUT2D eigenvalue weighted by Crippen LogP contribution is -2.17. The molecule has 1 aliphatic heterocycles. The van der Waals surface area contributed by atoms with Gasteiger partial charge in [-0.15, -0.1) is 0 Å². The maximum atomic E-state index is 12.6. The van der Waals surface area contributed by atoms with Gasteiger partial charge in [-0.2, -0.15) is 5.10 Å². The zero-order valence-corrected chi connectivity index (χ0v) is 18.4. The smallest absolute Gasteiger partial charge is 0.271 e. The number of nitrogens with one attached hydrogen (secondary N) is 1. The number of aryl methyl sites for hydroxylation is 2. The summed E-state index contributed by atoms with van der Waals surface area (Å²) in [7, 11) is 0. The standard InChI is InChI=1S/C27H23N3O3/c1-18-14-25-26(33-17-32-25)15-22(18)16-28-29-27(31)21-9-11-23(12-10-21)30-19(2)8-13-24(30)20-6-4-3-5-7-20/h3-16H,17H2,1-2H3,(H,29,31)/b28-16+. The third kappa shape index (κ3) is 4.11. The highest BCUT2D eigenvalue weighted by Gasteiger charge is 2.15. The number of amides is 1. The molecule has 2 heterocycles. The van der Waals surface area contributed by atoms with Crippen molar-refractivity contribution in [2.75, 3.05) is 6.79 Å². The number of hydrogen-bond acceptors (Lipinski definition) is 4. The minimum Gasteiger partial charge on any atom is -0.454 e. The Morgan fingerprint density at radius 1 is 0.939 bits per heavy atom. The third-order valence-corrected chi connectivity index (χ3v) is 5.66. The molecule has 3 aromatic carbocycles. The van der Waals surface area contributed by atoms with Gasteiger partial charge in [0, 0.05) is 22.5 Å². The Hall–Kier alpha value is -4.32. The van der Waals surface area contributed by atoms with Crippen LogP contribution in [-0.4, -0.2) is 23.5 Å². The summed E-state index contributed by atoms with van der Waals surface area (Å²) in [6.45, 7) is 4.24. The fraction of sp³-hybridized carbons (Fsp3) is 0.111. The van der Waals surface area contributed by atoms with Crippen LogP contribution in [0.2, 0.25) is 0 Å². The zero-order valence-electron chi connectivity index (χ0n) is 18.4. The molecular weight excluding hydrogens is 414 g/mol. The zero-order chi connectivity index (χ0) is 22.8. The van der Waals surface area contributed by atoms with Crippen molar-refractivity contribution in [2.45, 2.75) is 13.8 Å². The predicted octanol–water partition coefficient (Wildman–Crippen LogP) is 5.25. The van der Waals surface area contributed by atoms with E-state index in [9.17, 15) is 4.79 Å². The second-order valence-corrected chi connectivity index (χ2v) is 7.87. The summed E-state index contributed by atoms with van der Waals surface area (Å²) in [4.78, 5) is 12.6. The molecule has 0 bridgehead atoms. The van der Waals surface area contributed by atoms with Crippen LogP contribution >= 0.6 is 0 Å². The Kier molecular flexibility index (Phi) is 5.40. The fourth-order valence-corrected chi connectivity index (χ4v) is 3.90. The monoisotopic (exact) mass is 437 g/mol. The van der Waals surface area contributed by atoms with Gasteiger partial charge in [0.2, 0.25) is 6.79 Å². The van der Waals surface area contributed by atoms with Crippen LogP contribution in [0, 0.1) is 13.8 Å². The van der Waals surface area contributed by atoms with Crippen LogP contribution in [0.4, 0.5) is 0 Å². The van der Waals surface area contributed by atoms with Gasteiger partial charge in [0.1, 0.15) is 0 Å². The van der Waals surface area contributed by atoms with E-state index in [1.807, 2.05) is 49.4 Å². The van der Waals surface area contributed by atoms with Crippen LogP contribution in [-0.2, 0) is 0 Å². The Morgan fingerprint density at radius 2 is 1.67 bits per heavy atom. The minimum atomic E-state index is -0.274.